The van der Waals surface area contributed by atoms with Gasteiger partial charge in [0, 0.05) is 38.1 Å². The number of benzene rings is 3. The first-order chi connectivity index (χ1) is 11.8. The molecule has 0 aliphatic heterocycles. The molecule has 0 fully saturated rings. The first kappa shape index (κ1) is 13.3. The Bertz CT molecular complexity index is 1230. The standard InChI is InChI=1S/C20H16N2O2/c1-23-11-6-7-16-13(8-11)15-10-18-14(9-17(15)21-16)12-4-3-5-19(24-2)20(12)22-18/h3-10,21-22H,1-2H3. The van der Waals surface area contributed by atoms with E-state index in [1.54, 1.807) is 14.2 Å². The van der Waals surface area contributed by atoms with E-state index in [1.807, 2.05) is 18.2 Å². The third-order valence-electron chi connectivity index (χ3n) is 4.74. The molecule has 118 valence electrons. The summed E-state index contributed by atoms with van der Waals surface area (Å²) in [7, 11) is 3.39. The molecule has 2 N–H and O–H groups in total. The second-order valence-electron chi connectivity index (χ2n) is 5.99. The minimum Gasteiger partial charge on any atom is -0.497 e. The SMILES string of the molecule is COc1ccc2[nH]c3cc4c(cc3c2c1)[nH]c1c(OC)cccc14. The molecule has 5 aromatic rings. The topological polar surface area (TPSA) is 50.0 Å². The molecule has 2 aromatic heterocycles. The molecule has 0 aliphatic carbocycles. The Hall–Kier alpha value is -3.14. The largest absolute Gasteiger partial charge is 0.497 e. The molecule has 0 saturated carbocycles. The molecule has 3 aromatic carbocycles. The van der Waals surface area contributed by atoms with Crippen molar-refractivity contribution >= 4 is 43.6 Å². The van der Waals surface area contributed by atoms with E-state index in [9.17, 15) is 0 Å². The second kappa shape index (κ2) is 4.68. The summed E-state index contributed by atoms with van der Waals surface area (Å²) in [5.74, 6) is 1.72. The molecule has 0 spiro atoms. The summed E-state index contributed by atoms with van der Waals surface area (Å²) in [4.78, 5) is 7.01. The molecule has 5 rings (SSSR count). The van der Waals surface area contributed by atoms with Crippen LogP contribution in [-0.2, 0) is 0 Å². The molecular formula is C20H16N2O2. The van der Waals surface area contributed by atoms with Crippen molar-refractivity contribution in [1.29, 1.82) is 0 Å². The van der Waals surface area contributed by atoms with Crippen LogP contribution in [0.3, 0.4) is 0 Å². The van der Waals surface area contributed by atoms with Gasteiger partial charge in [-0.2, -0.15) is 0 Å². The zero-order valence-electron chi connectivity index (χ0n) is 13.4. The van der Waals surface area contributed by atoms with Gasteiger partial charge in [0.1, 0.15) is 11.5 Å². The number of nitrogens with one attached hydrogen (secondary N) is 2. The van der Waals surface area contributed by atoms with Crippen LogP contribution in [0.1, 0.15) is 0 Å². The number of rotatable bonds is 2. The van der Waals surface area contributed by atoms with E-state index >= 15 is 0 Å². The lowest BCUT2D eigenvalue weighted by Crippen LogP contribution is -1.82. The Morgan fingerprint density at radius 1 is 0.667 bits per heavy atom. The normalized spacial score (nSPS) is 11.8. The van der Waals surface area contributed by atoms with Gasteiger partial charge in [0.05, 0.1) is 19.7 Å². The van der Waals surface area contributed by atoms with Crippen LogP contribution in [0.5, 0.6) is 11.5 Å². The molecule has 0 unspecified atom stereocenters. The lowest BCUT2D eigenvalue weighted by atomic mass is 10.1. The van der Waals surface area contributed by atoms with Crippen LogP contribution in [0.15, 0.2) is 48.5 Å². The van der Waals surface area contributed by atoms with E-state index in [1.165, 1.54) is 16.2 Å². The molecule has 0 atom stereocenters. The molecule has 24 heavy (non-hydrogen) atoms. The van der Waals surface area contributed by atoms with Crippen molar-refractivity contribution in [2.24, 2.45) is 0 Å². The van der Waals surface area contributed by atoms with Gasteiger partial charge in [-0.25, -0.2) is 0 Å². The second-order valence-corrected chi connectivity index (χ2v) is 5.99. The number of aromatic nitrogens is 2. The number of fused-ring (bicyclic) bond motifs is 6. The highest BCUT2D eigenvalue weighted by molar-refractivity contribution is 6.17. The van der Waals surface area contributed by atoms with E-state index in [0.29, 0.717) is 0 Å². The summed E-state index contributed by atoms with van der Waals surface area (Å²) in [6, 6.07) is 16.6. The van der Waals surface area contributed by atoms with Crippen molar-refractivity contribution in [3.8, 4) is 11.5 Å². The third-order valence-corrected chi connectivity index (χ3v) is 4.74. The van der Waals surface area contributed by atoms with Gasteiger partial charge < -0.3 is 19.4 Å². The van der Waals surface area contributed by atoms with E-state index in [-0.39, 0.29) is 0 Å². The van der Waals surface area contributed by atoms with Crippen molar-refractivity contribution in [2.45, 2.75) is 0 Å². The summed E-state index contributed by atoms with van der Waals surface area (Å²) >= 11 is 0. The number of H-pyrrole nitrogens is 2. The van der Waals surface area contributed by atoms with Gasteiger partial charge in [-0.3, -0.25) is 0 Å². The molecule has 2 heterocycles. The fourth-order valence-electron chi connectivity index (χ4n) is 3.57. The van der Waals surface area contributed by atoms with Crippen LogP contribution in [0.4, 0.5) is 0 Å². The van der Waals surface area contributed by atoms with Crippen LogP contribution in [0.2, 0.25) is 0 Å². The molecule has 0 radical (unpaired) electrons. The van der Waals surface area contributed by atoms with Gasteiger partial charge in [0.2, 0.25) is 0 Å². The zero-order valence-corrected chi connectivity index (χ0v) is 13.4. The van der Waals surface area contributed by atoms with E-state index in [4.69, 9.17) is 9.47 Å². The first-order valence-corrected chi connectivity index (χ1v) is 7.86. The zero-order chi connectivity index (χ0) is 16.3. The Morgan fingerprint density at radius 2 is 1.42 bits per heavy atom. The smallest absolute Gasteiger partial charge is 0.142 e. The maximum atomic E-state index is 5.48. The minimum absolute atomic E-state index is 0.860. The summed E-state index contributed by atoms with van der Waals surface area (Å²) in [5, 5.41) is 4.70. The number of aromatic amines is 2. The average molecular weight is 316 g/mol. The van der Waals surface area contributed by atoms with Crippen molar-refractivity contribution in [1.82, 2.24) is 9.97 Å². The van der Waals surface area contributed by atoms with Crippen molar-refractivity contribution in [3.05, 3.63) is 48.5 Å². The first-order valence-electron chi connectivity index (χ1n) is 7.86. The Kier molecular flexibility index (Phi) is 2.59. The van der Waals surface area contributed by atoms with Crippen LogP contribution < -0.4 is 9.47 Å². The van der Waals surface area contributed by atoms with Crippen LogP contribution in [0, 0.1) is 0 Å². The molecule has 0 saturated heterocycles. The molecular weight excluding hydrogens is 300 g/mol. The highest BCUT2D eigenvalue weighted by atomic mass is 16.5. The van der Waals surface area contributed by atoms with Crippen molar-refractivity contribution in [3.63, 3.8) is 0 Å². The van der Waals surface area contributed by atoms with Gasteiger partial charge in [-0.15, -0.1) is 0 Å². The summed E-state index contributed by atoms with van der Waals surface area (Å²) in [6.45, 7) is 0. The van der Waals surface area contributed by atoms with E-state index in [2.05, 4.69) is 40.3 Å². The lowest BCUT2D eigenvalue weighted by Gasteiger charge is -1.99. The summed E-state index contributed by atoms with van der Waals surface area (Å²) in [5.41, 5.74) is 4.37. The monoisotopic (exact) mass is 316 g/mol. The van der Waals surface area contributed by atoms with Crippen molar-refractivity contribution < 1.29 is 9.47 Å². The molecule has 0 aliphatic rings. The van der Waals surface area contributed by atoms with Crippen LogP contribution >= 0.6 is 0 Å². The highest BCUT2D eigenvalue weighted by Crippen LogP contribution is 2.36. The number of methoxy groups -OCH3 is 2. The van der Waals surface area contributed by atoms with Gasteiger partial charge >= 0.3 is 0 Å². The molecule has 4 nitrogen and oxygen atoms in total. The maximum absolute atomic E-state index is 5.48. The molecule has 0 bridgehead atoms. The minimum atomic E-state index is 0.860. The molecule has 0 amide bonds. The Labute approximate surface area is 138 Å². The predicted octanol–water partition coefficient (Wildman–Crippen LogP) is 4.97. The van der Waals surface area contributed by atoms with Gasteiger partial charge in [0.15, 0.2) is 0 Å². The van der Waals surface area contributed by atoms with Crippen LogP contribution in [0.25, 0.3) is 43.6 Å². The number of hydrogen-bond acceptors (Lipinski definition) is 2. The van der Waals surface area contributed by atoms with Gasteiger partial charge in [-0.1, -0.05) is 12.1 Å². The summed E-state index contributed by atoms with van der Waals surface area (Å²) < 4.78 is 10.8. The lowest BCUT2D eigenvalue weighted by molar-refractivity contribution is 0.415. The number of hydrogen-bond donors (Lipinski definition) is 2. The molecule has 4 heteroatoms. The quantitative estimate of drug-likeness (QED) is 0.483. The average Bonchev–Trinajstić information content (AvgIpc) is 3.16. The fraction of sp³-hybridized carbons (Fsp3) is 0.100. The third kappa shape index (κ3) is 1.68. The summed E-state index contributed by atoms with van der Waals surface area (Å²) in [6.07, 6.45) is 0. The van der Waals surface area contributed by atoms with Crippen LogP contribution in [-0.4, -0.2) is 24.2 Å². The highest BCUT2D eigenvalue weighted by Gasteiger charge is 2.12. The Balaban J connectivity index is 1.92. The van der Waals surface area contributed by atoms with Crippen molar-refractivity contribution in [2.75, 3.05) is 14.2 Å². The van der Waals surface area contributed by atoms with Gasteiger partial charge in [-0.05, 0) is 36.4 Å². The number of ether oxygens (including phenoxy) is 2. The Morgan fingerprint density at radius 3 is 2.21 bits per heavy atom. The predicted molar refractivity (Wildman–Crippen MR) is 98.3 cm³/mol. The van der Waals surface area contributed by atoms with Gasteiger partial charge in [0.25, 0.3) is 0 Å². The fourth-order valence-corrected chi connectivity index (χ4v) is 3.57. The maximum Gasteiger partial charge on any atom is 0.142 e. The number of para-hydroxylation sites is 1. The van der Waals surface area contributed by atoms with E-state index < -0.39 is 0 Å². The van der Waals surface area contributed by atoms with E-state index in [0.717, 1.165) is 39.0 Å².